The maximum Gasteiger partial charge on any atom is 0.308 e. The standard InChI is InChI=1S/C31H45NO3/c1-6-34-30(33)22-11-15-24(16-12-22)32-20-28-27-10-8-7-9-26(27)21(2)19-29(28)35-25-17-13-23(14-18-25)31(3,4)5/h7-10,19,22-25,32H,6,11-18,20H2,1-5H3. The lowest BCUT2D eigenvalue weighted by atomic mass is 9.72. The Hall–Kier alpha value is -2.07. The molecule has 4 rings (SSSR count). The Kier molecular flexibility index (Phi) is 8.42. The second kappa shape index (κ2) is 11.3. The number of esters is 1. The molecule has 2 aliphatic rings. The molecule has 0 amide bonds. The summed E-state index contributed by atoms with van der Waals surface area (Å²) in [5.41, 5.74) is 2.93. The van der Waals surface area contributed by atoms with Crippen molar-refractivity contribution in [3.05, 3.63) is 41.5 Å². The molecular formula is C31H45NO3. The van der Waals surface area contributed by atoms with Gasteiger partial charge in [0.25, 0.3) is 0 Å². The molecule has 35 heavy (non-hydrogen) atoms. The van der Waals surface area contributed by atoms with Crippen molar-refractivity contribution in [2.45, 2.75) is 105 Å². The Bertz CT molecular complexity index is 992. The van der Waals surface area contributed by atoms with Gasteiger partial charge < -0.3 is 14.8 Å². The first-order valence-electron chi connectivity index (χ1n) is 13.8. The summed E-state index contributed by atoms with van der Waals surface area (Å²) in [6.07, 6.45) is 8.91. The van der Waals surface area contributed by atoms with Gasteiger partial charge in [-0.2, -0.15) is 0 Å². The van der Waals surface area contributed by atoms with E-state index >= 15 is 0 Å². The number of carbonyl (C=O) groups excluding carboxylic acids is 1. The Morgan fingerprint density at radius 2 is 1.63 bits per heavy atom. The van der Waals surface area contributed by atoms with Crippen LogP contribution in [0.2, 0.25) is 0 Å². The predicted octanol–water partition coefficient (Wildman–Crippen LogP) is 7.34. The zero-order valence-electron chi connectivity index (χ0n) is 22.5. The highest BCUT2D eigenvalue weighted by Crippen LogP contribution is 2.40. The van der Waals surface area contributed by atoms with Crippen molar-refractivity contribution in [2.75, 3.05) is 6.61 Å². The molecule has 0 bridgehead atoms. The van der Waals surface area contributed by atoms with E-state index in [1.807, 2.05) is 6.92 Å². The molecule has 2 aliphatic carbocycles. The fourth-order valence-corrected chi connectivity index (χ4v) is 6.14. The second-order valence-electron chi connectivity index (χ2n) is 11.9. The van der Waals surface area contributed by atoms with Gasteiger partial charge in [-0.3, -0.25) is 4.79 Å². The minimum Gasteiger partial charge on any atom is -0.490 e. The quantitative estimate of drug-likeness (QED) is 0.422. The van der Waals surface area contributed by atoms with Gasteiger partial charge in [-0.1, -0.05) is 45.0 Å². The molecule has 4 nitrogen and oxygen atoms in total. The van der Waals surface area contributed by atoms with Crippen LogP contribution in [0.25, 0.3) is 10.8 Å². The lowest BCUT2D eigenvalue weighted by molar-refractivity contribution is -0.149. The highest BCUT2D eigenvalue weighted by molar-refractivity contribution is 5.90. The lowest BCUT2D eigenvalue weighted by Gasteiger charge is -2.37. The number of nitrogens with one attached hydrogen (secondary N) is 1. The van der Waals surface area contributed by atoms with Crippen LogP contribution in [0.4, 0.5) is 0 Å². The summed E-state index contributed by atoms with van der Waals surface area (Å²) in [6, 6.07) is 11.4. The number of aryl methyl sites for hydroxylation is 1. The number of benzene rings is 2. The summed E-state index contributed by atoms with van der Waals surface area (Å²) in [7, 11) is 0. The highest BCUT2D eigenvalue weighted by Gasteiger charge is 2.31. The summed E-state index contributed by atoms with van der Waals surface area (Å²) in [5.74, 6) is 1.88. The molecular weight excluding hydrogens is 434 g/mol. The third-order valence-corrected chi connectivity index (χ3v) is 8.43. The third kappa shape index (κ3) is 6.39. The number of fused-ring (bicyclic) bond motifs is 1. The summed E-state index contributed by atoms with van der Waals surface area (Å²) >= 11 is 0. The molecule has 0 atom stereocenters. The first-order chi connectivity index (χ1) is 16.8. The van der Waals surface area contributed by atoms with Crippen LogP contribution in [0.15, 0.2) is 30.3 Å². The second-order valence-corrected chi connectivity index (χ2v) is 11.9. The Labute approximate surface area is 212 Å². The SMILES string of the molecule is CCOC(=O)C1CCC(NCc2c(OC3CCC(C(C)(C)C)CC3)cc(C)c3ccccc23)CC1. The van der Waals surface area contributed by atoms with Crippen LogP contribution in [0.3, 0.4) is 0 Å². The number of hydrogen-bond donors (Lipinski definition) is 1. The predicted molar refractivity (Wildman–Crippen MR) is 144 cm³/mol. The smallest absolute Gasteiger partial charge is 0.308 e. The van der Waals surface area contributed by atoms with Gasteiger partial charge in [-0.15, -0.1) is 0 Å². The fourth-order valence-electron chi connectivity index (χ4n) is 6.14. The molecule has 1 N–H and O–H groups in total. The van der Waals surface area contributed by atoms with Gasteiger partial charge >= 0.3 is 5.97 Å². The normalized spacial score (nSPS) is 25.4. The molecule has 192 valence electrons. The Morgan fingerprint density at radius 3 is 2.26 bits per heavy atom. The zero-order valence-corrected chi connectivity index (χ0v) is 22.5. The molecule has 0 spiro atoms. The van der Waals surface area contributed by atoms with Gasteiger partial charge in [-0.25, -0.2) is 0 Å². The van der Waals surface area contributed by atoms with Gasteiger partial charge in [-0.05, 0) is 98.9 Å². The summed E-state index contributed by atoms with van der Waals surface area (Å²) in [4.78, 5) is 12.1. The zero-order chi connectivity index (χ0) is 25.0. The van der Waals surface area contributed by atoms with Crippen LogP contribution < -0.4 is 10.1 Å². The number of rotatable bonds is 7. The minimum atomic E-state index is -0.0210. The average Bonchev–Trinajstić information content (AvgIpc) is 2.84. The van der Waals surface area contributed by atoms with E-state index in [2.05, 4.69) is 63.3 Å². The van der Waals surface area contributed by atoms with Crippen molar-refractivity contribution in [3.8, 4) is 5.75 Å². The topological polar surface area (TPSA) is 47.6 Å². The van der Waals surface area contributed by atoms with Gasteiger partial charge in [0, 0.05) is 18.2 Å². The first kappa shape index (κ1) is 26.0. The molecule has 0 unspecified atom stereocenters. The van der Waals surface area contributed by atoms with Gasteiger partial charge in [0.2, 0.25) is 0 Å². The van der Waals surface area contributed by atoms with Gasteiger partial charge in [0.1, 0.15) is 5.75 Å². The molecule has 2 saturated carbocycles. The molecule has 0 saturated heterocycles. The fraction of sp³-hybridized carbons (Fsp3) is 0.645. The number of hydrogen-bond acceptors (Lipinski definition) is 4. The van der Waals surface area contributed by atoms with E-state index < -0.39 is 0 Å². The monoisotopic (exact) mass is 479 g/mol. The maximum atomic E-state index is 12.1. The minimum absolute atomic E-state index is 0.0210. The van der Waals surface area contributed by atoms with Crippen LogP contribution in [0.1, 0.15) is 90.2 Å². The van der Waals surface area contributed by atoms with Gasteiger partial charge in [0.05, 0.1) is 18.6 Å². The van der Waals surface area contributed by atoms with E-state index in [1.165, 1.54) is 34.7 Å². The molecule has 0 radical (unpaired) electrons. The van der Waals surface area contributed by atoms with E-state index in [0.717, 1.165) is 56.7 Å². The maximum absolute atomic E-state index is 12.1. The number of ether oxygens (including phenoxy) is 2. The highest BCUT2D eigenvalue weighted by atomic mass is 16.5. The molecule has 0 heterocycles. The van der Waals surface area contributed by atoms with Crippen molar-refractivity contribution in [3.63, 3.8) is 0 Å². The first-order valence-corrected chi connectivity index (χ1v) is 13.8. The van der Waals surface area contributed by atoms with Crippen LogP contribution in [0, 0.1) is 24.2 Å². The Balaban J connectivity index is 1.45. The molecule has 4 heteroatoms. The van der Waals surface area contributed by atoms with Crippen molar-refractivity contribution < 1.29 is 14.3 Å². The molecule has 0 aromatic heterocycles. The van der Waals surface area contributed by atoms with E-state index in [1.54, 1.807) is 0 Å². The van der Waals surface area contributed by atoms with Crippen LogP contribution in [0.5, 0.6) is 5.75 Å². The summed E-state index contributed by atoms with van der Waals surface area (Å²) in [5, 5.41) is 6.41. The average molecular weight is 480 g/mol. The van der Waals surface area contributed by atoms with E-state index in [0.29, 0.717) is 24.2 Å². The summed E-state index contributed by atoms with van der Waals surface area (Å²) < 4.78 is 12.0. The van der Waals surface area contributed by atoms with Crippen LogP contribution in [-0.2, 0) is 16.1 Å². The van der Waals surface area contributed by atoms with Crippen molar-refractivity contribution >= 4 is 16.7 Å². The van der Waals surface area contributed by atoms with Crippen molar-refractivity contribution in [2.24, 2.45) is 17.3 Å². The third-order valence-electron chi connectivity index (χ3n) is 8.43. The molecule has 0 aliphatic heterocycles. The van der Waals surface area contributed by atoms with Crippen molar-refractivity contribution in [1.29, 1.82) is 0 Å². The largest absolute Gasteiger partial charge is 0.490 e. The molecule has 2 aromatic carbocycles. The van der Waals surface area contributed by atoms with Crippen LogP contribution >= 0.6 is 0 Å². The molecule has 2 fully saturated rings. The van der Waals surface area contributed by atoms with Gasteiger partial charge in [0.15, 0.2) is 0 Å². The van der Waals surface area contributed by atoms with E-state index in [9.17, 15) is 4.79 Å². The number of carbonyl (C=O) groups is 1. The van der Waals surface area contributed by atoms with E-state index in [4.69, 9.17) is 9.47 Å². The van der Waals surface area contributed by atoms with Crippen LogP contribution in [-0.4, -0.2) is 24.7 Å². The van der Waals surface area contributed by atoms with Crippen molar-refractivity contribution in [1.82, 2.24) is 5.32 Å². The van der Waals surface area contributed by atoms with E-state index in [-0.39, 0.29) is 11.9 Å². The lowest BCUT2D eigenvalue weighted by Crippen LogP contribution is -2.35. The molecule has 2 aromatic rings. The Morgan fingerprint density at radius 1 is 0.971 bits per heavy atom. The summed E-state index contributed by atoms with van der Waals surface area (Å²) in [6.45, 7) is 12.5.